The molecule has 0 unspecified atom stereocenters. The summed E-state index contributed by atoms with van der Waals surface area (Å²) >= 11 is 5.48. The first kappa shape index (κ1) is 13.5. The highest BCUT2D eigenvalue weighted by molar-refractivity contribution is 6.19. The van der Waals surface area contributed by atoms with Gasteiger partial charge in [-0.3, -0.25) is 4.79 Å². The Balaban J connectivity index is 2.56. The molecule has 1 aromatic rings. The van der Waals surface area contributed by atoms with E-state index in [1.807, 2.05) is 0 Å². The quantitative estimate of drug-likeness (QED) is 0.444. The standard InChI is InChI=1S/C12H13ClO4/c1-16-12(15)8-17-10-4-2-9(3-5-10)11(14)6-7-13/h2-5H,6-8H2,1H3. The monoisotopic (exact) mass is 256 g/mol. The Morgan fingerprint density at radius 2 is 1.88 bits per heavy atom. The van der Waals surface area contributed by atoms with Crippen molar-refractivity contribution in [3.8, 4) is 5.75 Å². The number of rotatable bonds is 6. The number of alkyl halides is 1. The number of ketones is 1. The van der Waals surface area contributed by atoms with Crippen molar-refractivity contribution < 1.29 is 19.1 Å². The van der Waals surface area contributed by atoms with Crippen LogP contribution in [0.5, 0.6) is 5.75 Å². The van der Waals surface area contributed by atoms with E-state index in [0.717, 1.165) is 0 Å². The van der Waals surface area contributed by atoms with E-state index >= 15 is 0 Å². The molecule has 0 saturated carbocycles. The van der Waals surface area contributed by atoms with Crippen LogP contribution >= 0.6 is 11.6 Å². The molecule has 0 aliphatic carbocycles. The molecule has 0 aliphatic rings. The molecule has 4 nitrogen and oxygen atoms in total. The van der Waals surface area contributed by atoms with Gasteiger partial charge in [0.2, 0.25) is 0 Å². The molecule has 0 radical (unpaired) electrons. The van der Waals surface area contributed by atoms with Crippen molar-refractivity contribution in [3.05, 3.63) is 29.8 Å². The second-order valence-corrected chi connectivity index (χ2v) is 3.63. The average Bonchev–Trinajstić information content (AvgIpc) is 2.36. The lowest BCUT2D eigenvalue weighted by molar-refractivity contribution is -0.142. The van der Waals surface area contributed by atoms with Gasteiger partial charge in [-0.1, -0.05) is 0 Å². The fourth-order valence-electron chi connectivity index (χ4n) is 1.17. The van der Waals surface area contributed by atoms with E-state index in [1.165, 1.54) is 7.11 Å². The van der Waals surface area contributed by atoms with Gasteiger partial charge in [-0.15, -0.1) is 11.6 Å². The summed E-state index contributed by atoms with van der Waals surface area (Å²) in [6, 6.07) is 6.54. The molecule has 0 aromatic heterocycles. The molecule has 1 aromatic carbocycles. The van der Waals surface area contributed by atoms with Gasteiger partial charge in [-0.2, -0.15) is 0 Å². The van der Waals surface area contributed by atoms with Crippen molar-refractivity contribution in [3.63, 3.8) is 0 Å². The molecule has 0 aliphatic heterocycles. The molecule has 0 fully saturated rings. The molecule has 0 N–H and O–H groups in total. The van der Waals surface area contributed by atoms with E-state index in [-0.39, 0.29) is 12.4 Å². The Hall–Kier alpha value is -1.55. The summed E-state index contributed by atoms with van der Waals surface area (Å²) in [7, 11) is 1.29. The zero-order chi connectivity index (χ0) is 12.7. The van der Waals surface area contributed by atoms with Crippen LogP contribution in [0, 0.1) is 0 Å². The van der Waals surface area contributed by atoms with Gasteiger partial charge >= 0.3 is 5.97 Å². The van der Waals surface area contributed by atoms with Crippen LogP contribution in [-0.4, -0.2) is 31.3 Å². The van der Waals surface area contributed by atoms with Crippen molar-refractivity contribution in [2.45, 2.75) is 6.42 Å². The number of carbonyl (C=O) groups excluding carboxylic acids is 2. The maximum absolute atomic E-state index is 11.5. The highest BCUT2D eigenvalue weighted by atomic mass is 35.5. The third-order valence-electron chi connectivity index (χ3n) is 2.08. The molecule has 17 heavy (non-hydrogen) atoms. The number of hydrogen-bond donors (Lipinski definition) is 0. The molecule has 0 heterocycles. The second-order valence-electron chi connectivity index (χ2n) is 3.25. The Labute approximate surface area is 104 Å². The molecule has 0 spiro atoms. The smallest absolute Gasteiger partial charge is 0.343 e. The molecule has 1 rings (SSSR count). The normalized spacial score (nSPS) is 9.76. The Morgan fingerprint density at radius 3 is 2.41 bits per heavy atom. The van der Waals surface area contributed by atoms with E-state index in [0.29, 0.717) is 23.6 Å². The number of esters is 1. The van der Waals surface area contributed by atoms with Gasteiger partial charge in [0, 0.05) is 17.9 Å². The largest absolute Gasteiger partial charge is 0.482 e. The predicted molar refractivity (Wildman–Crippen MR) is 63.6 cm³/mol. The van der Waals surface area contributed by atoms with Crippen LogP contribution < -0.4 is 4.74 Å². The number of Topliss-reactive ketones (excluding diaryl/α,β-unsaturated/α-hetero) is 1. The Morgan fingerprint density at radius 1 is 1.24 bits per heavy atom. The zero-order valence-electron chi connectivity index (χ0n) is 9.44. The van der Waals surface area contributed by atoms with Crippen LogP contribution in [0.2, 0.25) is 0 Å². The molecular weight excluding hydrogens is 244 g/mol. The van der Waals surface area contributed by atoms with Crippen molar-refractivity contribution in [2.75, 3.05) is 19.6 Å². The minimum absolute atomic E-state index is 0.0143. The third kappa shape index (κ3) is 4.44. The minimum Gasteiger partial charge on any atom is -0.482 e. The number of ether oxygens (including phenoxy) is 2. The fourth-order valence-corrected chi connectivity index (χ4v) is 1.34. The van der Waals surface area contributed by atoms with E-state index in [4.69, 9.17) is 16.3 Å². The van der Waals surface area contributed by atoms with Gasteiger partial charge < -0.3 is 9.47 Å². The SMILES string of the molecule is COC(=O)COc1ccc(C(=O)CCCl)cc1. The number of halogens is 1. The Bertz CT molecular complexity index is 386. The van der Waals surface area contributed by atoms with E-state index < -0.39 is 5.97 Å². The van der Waals surface area contributed by atoms with E-state index in [9.17, 15) is 9.59 Å². The van der Waals surface area contributed by atoms with Gasteiger partial charge in [-0.25, -0.2) is 4.79 Å². The van der Waals surface area contributed by atoms with Gasteiger partial charge in [0.25, 0.3) is 0 Å². The number of carbonyl (C=O) groups is 2. The van der Waals surface area contributed by atoms with E-state index in [2.05, 4.69) is 4.74 Å². The van der Waals surface area contributed by atoms with Gasteiger partial charge in [0.15, 0.2) is 12.4 Å². The maximum Gasteiger partial charge on any atom is 0.343 e. The van der Waals surface area contributed by atoms with Crippen LogP contribution in [0.4, 0.5) is 0 Å². The summed E-state index contributed by atoms with van der Waals surface area (Å²) in [5.41, 5.74) is 0.580. The molecule has 92 valence electrons. The first-order valence-corrected chi connectivity index (χ1v) is 5.59. The lowest BCUT2D eigenvalue weighted by Gasteiger charge is -2.05. The number of benzene rings is 1. The minimum atomic E-state index is -0.452. The Kier molecular flexibility index (Phi) is 5.49. The zero-order valence-corrected chi connectivity index (χ0v) is 10.2. The summed E-state index contributed by atoms with van der Waals surface area (Å²) in [5, 5.41) is 0. The molecule has 0 saturated heterocycles. The number of methoxy groups -OCH3 is 1. The lowest BCUT2D eigenvalue weighted by atomic mass is 10.1. The highest BCUT2D eigenvalue weighted by Crippen LogP contribution is 2.13. The summed E-state index contributed by atoms with van der Waals surface area (Å²) in [5.74, 6) is 0.351. The van der Waals surface area contributed by atoms with Crippen LogP contribution in [0.1, 0.15) is 16.8 Å². The molecule has 0 bridgehead atoms. The molecular formula is C12H13ClO4. The number of hydrogen-bond acceptors (Lipinski definition) is 4. The van der Waals surface area contributed by atoms with Crippen LogP contribution in [0.25, 0.3) is 0 Å². The first-order chi connectivity index (χ1) is 8.17. The summed E-state index contributed by atoms with van der Waals surface area (Å²) in [4.78, 5) is 22.3. The molecule has 0 atom stereocenters. The average molecular weight is 257 g/mol. The highest BCUT2D eigenvalue weighted by Gasteiger charge is 2.06. The predicted octanol–water partition coefficient (Wildman–Crippen LogP) is 2.05. The molecule has 0 amide bonds. The van der Waals surface area contributed by atoms with E-state index in [1.54, 1.807) is 24.3 Å². The summed E-state index contributed by atoms with van der Waals surface area (Å²) < 4.78 is 9.57. The summed E-state index contributed by atoms with van der Waals surface area (Å²) in [6.07, 6.45) is 0.309. The van der Waals surface area contributed by atoms with Crippen molar-refractivity contribution >= 4 is 23.4 Å². The second kappa shape index (κ2) is 6.91. The van der Waals surface area contributed by atoms with Crippen molar-refractivity contribution in [1.29, 1.82) is 0 Å². The van der Waals surface area contributed by atoms with Crippen molar-refractivity contribution in [1.82, 2.24) is 0 Å². The third-order valence-corrected chi connectivity index (χ3v) is 2.27. The van der Waals surface area contributed by atoms with Crippen LogP contribution in [0.15, 0.2) is 24.3 Å². The van der Waals surface area contributed by atoms with Gasteiger partial charge in [-0.05, 0) is 24.3 Å². The summed E-state index contributed by atoms with van der Waals surface area (Å²) in [6.45, 7) is -0.147. The van der Waals surface area contributed by atoms with Crippen LogP contribution in [0.3, 0.4) is 0 Å². The molecule has 5 heteroatoms. The maximum atomic E-state index is 11.5. The van der Waals surface area contributed by atoms with Crippen LogP contribution in [-0.2, 0) is 9.53 Å². The van der Waals surface area contributed by atoms with Gasteiger partial charge in [0.1, 0.15) is 5.75 Å². The first-order valence-electron chi connectivity index (χ1n) is 5.06. The van der Waals surface area contributed by atoms with Gasteiger partial charge in [0.05, 0.1) is 7.11 Å². The fraction of sp³-hybridized carbons (Fsp3) is 0.333. The van der Waals surface area contributed by atoms with Crippen molar-refractivity contribution in [2.24, 2.45) is 0 Å². The topological polar surface area (TPSA) is 52.6 Å². The lowest BCUT2D eigenvalue weighted by Crippen LogP contribution is -2.12.